The number of para-hydroxylation sites is 1. The average molecular weight is 639 g/mol. The van der Waals surface area contributed by atoms with Gasteiger partial charge in [-0.15, -0.1) is 20.7 Å². The lowest BCUT2D eigenvalue weighted by atomic mass is 9.58. The first-order chi connectivity index (χ1) is 19.4. The van der Waals surface area contributed by atoms with Crippen LogP contribution in [0.1, 0.15) is 45.1 Å². The first kappa shape index (κ1) is 27.2. The van der Waals surface area contributed by atoms with Crippen molar-refractivity contribution in [2.45, 2.75) is 49.1 Å². The number of fused-ring (bicyclic) bond motifs is 3. The van der Waals surface area contributed by atoms with Crippen molar-refractivity contribution < 1.29 is 4.74 Å². The fourth-order valence-electron chi connectivity index (χ4n) is 6.70. The maximum absolute atomic E-state index is 6.46. The molecular formula is C38H39IO. The molecule has 0 radical (unpaired) electrons. The molecule has 40 heavy (non-hydrogen) atoms. The van der Waals surface area contributed by atoms with Crippen molar-refractivity contribution in [2.24, 2.45) is 16.2 Å². The first-order valence-corrected chi connectivity index (χ1v) is 16.8. The van der Waals surface area contributed by atoms with E-state index in [-0.39, 0.29) is 46.5 Å². The molecule has 0 aromatic heterocycles. The van der Waals surface area contributed by atoms with Crippen molar-refractivity contribution in [3.05, 3.63) is 151 Å². The molecule has 2 heteroatoms. The Morgan fingerprint density at radius 3 is 2.12 bits per heavy atom. The molecule has 0 spiro atoms. The van der Waals surface area contributed by atoms with Crippen LogP contribution in [0.3, 0.4) is 0 Å². The van der Waals surface area contributed by atoms with Gasteiger partial charge in [-0.3, -0.25) is 0 Å². The maximum atomic E-state index is 6.46. The summed E-state index contributed by atoms with van der Waals surface area (Å²) in [5.41, 5.74) is 2.21. The second-order valence-electron chi connectivity index (χ2n) is 12.0. The Kier molecular flexibility index (Phi) is 7.33. The van der Waals surface area contributed by atoms with Crippen molar-refractivity contribution in [3.63, 3.8) is 0 Å². The molecular weight excluding hydrogens is 599 g/mol. The third-order valence-corrected chi connectivity index (χ3v) is 13.3. The van der Waals surface area contributed by atoms with E-state index in [1.807, 2.05) is 0 Å². The average Bonchev–Trinajstić information content (AvgIpc) is 3.29. The van der Waals surface area contributed by atoms with Gasteiger partial charge in [-0.1, -0.05) is 146 Å². The first-order valence-electron chi connectivity index (χ1n) is 14.4. The van der Waals surface area contributed by atoms with E-state index in [1.165, 1.54) is 11.1 Å². The van der Waals surface area contributed by atoms with Crippen molar-refractivity contribution in [1.82, 2.24) is 0 Å². The number of halogens is 1. The van der Waals surface area contributed by atoms with Gasteiger partial charge < -0.3 is 4.74 Å². The van der Waals surface area contributed by atoms with Crippen molar-refractivity contribution in [3.8, 4) is 5.75 Å². The van der Waals surface area contributed by atoms with Crippen LogP contribution in [0.25, 0.3) is 0 Å². The molecule has 1 aromatic carbocycles. The van der Waals surface area contributed by atoms with Crippen LogP contribution in [-0.2, 0) is 0 Å². The van der Waals surface area contributed by atoms with Gasteiger partial charge in [0.25, 0.3) is 0 Å². The van der Waals surface area contributed by atoms with Crippen molar-refractivity contribution in [1.29, 1.82) is 0 Å². The molecule has 2 aliphatic heterocycles. The normalized spacial score (nSPS) is 32.2. The lowest BCUT2D eigenvalue weighted by Crippen LogP contribution is -2.41. The molecule has 5 aliphatic rings. The van der Waals surface area contributed by atoms with Crippen LogP contribution in [0.15, 0.2) is 145 Å². The highest BCUT2D eigenvalue weighted by molar-refractivity contribution is 14.2. The van der Waals surface area contributed by atoms with Gasteiger partial charge in [0.2, 0.25) is 0 Å². The highest BCUT2D eigenvalue weighted by Crippen LogP contribution is 2.57. The predicted molar refractivity (Wildman–Crippen MR) is 180 cm³/mol. The van der Waals surface area contributed by atoms with Gasteiger partial charge in [0.1, 0.15) is 11.9 Å². The predicted octanol–water partition coefficient (Wildman–Crippen LogP) is 9.83. The van der Waals surface area contributed by atoms with E-state index in [0.29, 0.717) is 5.92 Å². The number of ether oxygens (including phenoxy) is 1. The van der Waals surface area contributed by atoms with Crippen molar-refractivity contribution in [2.75, 3.05) is 0 Å². The van der Waals surface area contributed by atoms with Gasteiger partial charge in [-0.25, -0.2) is 0 Å². The van der Waals surface area contributed by atoms with Gasteiger partial charge in [0.05, 0.1) is 0 Å². The molecule has 0 N–H and O–H groups in total. The molecule has 2 heterocycles. The van der Waals surface area contributed by atoms with E-state index in [0.717, 1.165) is 18.6 Å². The Hall–Kier alpha value is -2.98. The third-order valence-electron chi connectivity index (χ3n) is 9.53. The number of hydrogen-bond acceptors (Lipinski definition) is 1. The fourth-order valence-corrected chi connectivity index (χ4v) is 10.0. The SMILES string of the molecule is CC1=CC=CC(CCC2(C3(C)C=CC4c5ccccc5OC4C=I3)C=CC=CC=C2)(C2(C)C=CC=CC=C2)C=C1. The van der Waals surface area contributed by atoms with E-state index in [4.69, 9.17) is 4.74 Å². The molecule has 0 fully saturated rings. The Morgan fingerprint density at radius 2 is 1.38 bits per heavy atom. The van der Waals surface area contributed by atoms with Crippen LogP contribution in [0.2, 0.25) is 0 Å². The monoisotopic (exact) mass is 638 g/mol. The molecule has 204 valence electrons. The molecule has 4 atom stereocenters. The highest BCUT2D eigenvalue weighted by atomic mass is 127. The summed E-state index contributed by atoms with van der Waals surface area (Å²) < 4.78 is 9.01. The Bertz CT molecular complexity index is 1450. The Labute approximate surface area is 250 Å². The molecule has 1 nitrogen and oxygen atoms in total. The van der Waals surface area contributed by atoms with Crippen LogP contribution >= 0.6 is 20.7 Å². The second kappa shape index (κ2) is 10.8. The molecule has 6 rings (SSSR count). The number of allylic oxidation sites excluding steroid dienone is 19. The smallest absolute Gasteiger partial charge is 0.132 e. The molecule has 0 saturated carbocycles. The lowest BCUT2D eigenvalue weighted by molar-refractivity contribution is 0.227. The van der Waals surface area contributed by atoms with Crippen LogP contribution in [-0.4, -0.2) is 13.5 Å². The highest BCUT2D eigenvalue weighted by Gasteiger charge is 2.48. The zero-order chi connectivity index (χ0) is 27.7. The van der Waals surface area contributed by atoms with Crippen LogP contribution in [0, 0.1) is 16.2 Å². The maximum Gasteiger partial charge on any atom is 0.132 e. The number of rotatable bonds is 5. The van der Waals surface area contributed by atoms with E-state index >= 15 is 0 Å². The summed E-state index contributed by atoms with van der Waals surface area (Å²) >= 11 is -0.332. The standard InChI is InChI=1S/C38H39IO/c1-30-15-14-24-37(26-18-30,35(2)20-10-4-5-11-21-35)27-28-38(22-12-6-7-13-23-38)36(3)25-19-32-31-16-8-9-17-33(31)40-34(32)29-39-36/h4-26,29,32,34H,27-28H2,1-3H3. The number of alkyl halides is 1. The fraction of sp³-hybridized carbons (Fsp3) is 0.289. The molecule has 0 amide bonds. The van der Waals surface area contributed by atoms with Crippen molar-refractivity contribution >= 4 is 24.7 Å². The lowest BCUT2D eigenvalue weighted by Gasteiger charge is -2.47. The number of benzene rings is 1. The second-order valence-corrected chi connectivity index (χ2v) is 15.6. The summed E-state index contributed by atoms with van der Waals surface area (Å²) in [5.74, 6) is 1.34. The zero-order valence-corrected chi connectivity index (χ0v) is 25.9. The van der Waals surface area contributed by atoms with Gasteiger partial charge in [-0.05, 0) is 36.8 Å². The third kappa shape index (κ3) is 4.79. The van der Waals surface area contributed by atoms with E-state index in [2.05, 4.69) is 164 Å². The van der Waals surface area contributed by atoms with E-state index < -0.39 is 0 Å². The summed E-state index contributed by atoms with van der Waals surface area (Å²) in [6, 6.07) is 8.56. The zero-order valence-electron chi connectivity index (χ0n) is 23.7. The summed E-state index contributed by atoms with van der Waals surface area (Å²) in [4.78, 5) is 0. The van der Waals surface area contributed by atoms with Gasteiger partial charge >= 0.3 is 0 Å². The largest absolute Gasteiger partial charge is 0.485 e. The topological polar surface area (TPSA) is 9.23 Å². The van der Waals surface area contributed by atoms with E-state index in [1.54, 1.807) is 0 Å². The number of hydrogen-bond donors (Lipinski definition) is 0. The minimum Gasteiger partial charge on any atom is -0.485 e. The summed E-state index contributed by atoms with van der Waals surface area (Å²) in [6.07, 6.45) is 46.4. The summed E-state index contributed by atoms with van der Waals surface area (Å²) in [6.45, 7) is 7.08. The van der Waals surface area contributed by atoms with E-state index in [9.17, 15) is 0 Å². The molecule has 0 bridgehead atoms. The summed E-state index contributed by atoms with van der Waals surface area (Å²) in [5, 5.41) is 0. The Balaban J connectivity index is 1.40. The van der Waals surface area contributed by atoms with Crippen LogP contribution in [0.4, 0.5) is 0 Å². The van der Waals surface area contributed by atoms with Crippen LogP contribution < -0.4 is 4.74 Å². The summed E-state index contributed by atoms with van der Waals surface area (Å²) in [7, 11) is 0. The molecule has 1 aromatic rings. The van der Waals surface area contributed by atoms with Gasteiger partial charge in [-0.2, -0.15) is 0 Å². The molecule has 3 aliphatic carbocycles. The minimum atomic E-state index is -0.332. The van der Waals surface area contributed by atoms with Gasteiger partial charge in [0.15, 0.2) is 0 Å². The molecule has 4 unspecified atom stereocenters. The quantitative estimate of drug-likeness (QED) is 0.177. The Morgan fingerprint density at radius 1 is 0.725 bits per heavy atom. The minimum absolute atomic E-state index is 0.0126. The van der Waals surface area contributed by atoms with Gasteiger partial charge in [0, 0.05) is 31.1 Å². The molecule has 0 saturated heterocycles. The van der Waals surface area contributed by atoms with Crippen LogP contribution in [0.5, 0.6) is 5.75 Å².